The molecule has 0 spiro atoms. The van der Waals surface area contributed by atoms with Crippen molar-refractivity contribution in [2.24, 2.45) is 5.41 Å². The molecule has 1 aromatic rings. The van der Waals surface area contributed by atoms with Gasteiger partial charge in [-0.25, -0.2) is 9.59 Å². The summed E-state index contributed by atoms with van der Waals surface area (Å²) < 4.78 is 32.2. The molecule has 0 heterocycles. The highest BCUT2D eigenvalue weighted by molar-refractivity contribution is 9.10. The first-order chi connectivity index (χ1) is 14.9. The molecule has 1 saturated carbocycles. The Bertz CT molecular complexity index is 1030. The molecule has 0 saturated heterocycles. The summed E-state index contributed by atoms with van der Waals surface area (Å²) in [7, 11) is -4.60. The lowest BCUT2D eigenvalue weighted by molar-refractivity contribution is -0.176. The van der Waals surface area contributed by atoms with Gasteiger partial charge in [0, 0.05) is 4.47 Å². The molecule has 174 valence electrons. The average Bonchev–Trinajstić information content (AvgIpc) is 3.19. The van der Waals surface area contributed by atoms with Gasteiger partial charge in [-0.3, -0.25) is 0 Å². The number of halogens is 1. The maximum absolute atomic E-state index is 13.4. The predicted molar refractivity (Wildman–Crippen MR) is 125 cm³/mol. The van der Waals surface area contributed by atoms with E-state index < -0.39 is 33.1 Å². The van der Waals surface area contributed by atoms with Gasteiger partial charge in [-0.2, -0.15) is 8.42 Å². The van der Waals surface area contributed by atoms with Crippen molar-refractivity contribution in [3.8, 4) is 0 Å². The van der Waals surface area contributed by atoms with Crippen molar-refractivity contribution in [3.63, 3.8) is 0 Å². The molecule has 1 aliphatic rings. The number of rotatable bonds is 6. The molecule has 1 fully saturated rings. The monoisotopic (exact) mass is 525 g/mol. The summed E-state index contributed by atoms with van der Waals surface area (Å²) in [4.78, 5) is 31.4. The van der Waals surface area contributed by atoms with Crippen LogP contribution in [-0.2, 0) is 24.4 Å². The largest absolute Gasteiger partial charge is 0.459 e. The average molecular weight is 526 g/mol. The van der Waals surface area contributed by atoms with Gasteiger partial charge in [0.25, 0.3) is 0 Å². The highest BCUT2D eigenvalue weighted by Gasteiger charge is 2.48. The molecule has 1 aromatic carbocycles. The number of carbonyl (C=O) groups excluding carboxylic acids is 2. The lowest BCUT2D eigenvalue weighted by Crippen LogP contribution is -2.45. The van der Waals surface area contributed by atoms with E-state index >= 15 is 0 Å². The van der Waals surface area contributed by atoms with Crippen LogP contribution in [0.1, 0.15) is 46.5 Å². The second-order valence-corrected chi connectivity index (χ2v) is 10.9. The zero-order valence-electron chi connectivity index (χ0n) is 18.5. The Morgan fingerprint density at radius 1 is 1.16 bits per heavy atom. The minimum absolute atomic E-state index is 0.0371. The van der Waals surface area contributed by atoms with Gasteiger partial charge in [0.2, 0.25) is 0 Å². The van der Waals surface area contributed by atoms with Crippen molar-refractivity contribution in [2.75, 3.05) is 0 Å². The number of ether oxygens (including phenoxy) is 1. The summed E-state index contributed by atoms with van der Waals surface area (Å²) in [5, 5.41) is 0. The maximum atomic E-state index is 13.4. The SMILES string of the molecule is C=C/C=C(\C=C)C1(C(=O)ON(C(=O)OC(C)(C)C)S(=O)(=O)c2ccccc2Br)CCCC1. The predicted octanol–water partition coefficient (Wildman–Crippen LogP) is 5.69. The molecule has 2 rings (SSSR count). The Labute approximate surface area is 197 Å². The van der Waals surface area contributed by atoms with Gasteiger partial charge in [0.15, 0.2) is 0 Å². The van der Waals surface area contributed by atoms with Crippen molar-refractivity contribution in [3.05, 3.63) is 65.7 Å². The van der Waals surface area contributed by atoms with E-state index in [1.54, 1.807) is 32.9 Å². The second kappa shape index (κ2) is 10.0. The lowest BCUT2D eigenvalue weighted by Gasteiger charge is -2.31. The molecule has 7 nitrogen and oxygen atoms in total. The molecule has 1 aliphatic carbocycles. The van der Waals surface area contributed by atoms with Crippen LogP contribution in [0, 0.1) is 5.41 Å². The number of amides is 1. The number of sulfonamides is 1. The van der Waals surface area contributed by atoms with Crippen molar-refractivity contribution < 1.29 is 27.6 Å². The quantitative estimate of drug-likeness (QED) is 0.349. The van der Waals surface area contributed by atoms with E-state index in [2.05, 4.69) is 29.1 Å². The maximum Gasteiger partial charge on any atom is 0.459 e. The fraction of sp³-hybridized carbons (Fsp3) is 0.391. The molecule has 0 N–H and O–H groups in total. The first-order valence-corrected chi connectivity index (χ1v) is 12.3. The number of benzene rings is 1. The van der Waals surface area contributed by atoms with Crippen molar-refractivity contribution in [1.29, 1.82) is 0 Å². The van der Waals surface area contributed by atoms with E-state index in [4.69, 9.17) is 9.57 Å². The van der Waals surface area contributed by atoms with Gasteiger partial charge >= 0.3 is 22.1 Å². The minimum atomic E-state index is -4.60. The second-order valence-electron chi connectivity index (χ2n) is 8.37. The van der Waals surface area contributed by atoms with E-state index in [0.717, 1.165) is 12.8 Å². The molecule has 0 aliphatic heterocycles. The summed E-state index contributed by atoms with van der Waals surface area (Å²) in [5.74, 6) is -0.871. The number of hydrogen-bond acceptors (Lipinski definition) is 6. The standard InChI is InChI=1S/C23H28BrNO6S/c1-6-12-17(7-2)23(15-10-11-16-23)20(26)31-25(21(27)30-22(3,4)5)32(28,29)19-14-9-8-13-18(19)24/h6-9,12-14H,1-2,10-11,15-16H2,3-5H3/b17-12+. The van der Waals surface area contributed by atoms with Crippen LogP contribution in [0.5, 0.6) is 0 Å². The third kappa shape index (κ3) is 5.50. The summed E-state index contributed by atoms with van der Waals surface area (Å²) in [5.41, 5.74) is -1.61. The summed E-state index contributed by atoms with van der Waals surface area (Å²) in [6.45, 7) is 12.2. The molecular weight excluding hydrogens is 498 g/mol. The van der Waals surface area contributed by atoms with Gasteiger partial charge in [-0.1, -0.05) is 56.4 Å². The van der Waals surface area contributed by atoms with Gasteiger partial charge in [0.1, 0.15) is 10.5 Å². The molecule has 0 atom stereocenters. The van der Waals surface area contributed by atoms with E-state index in [9.17, 15) is 18.0 Å². The smallest absolute Gasteiger partial charge is 0.441 e. The third-order valence-corrected chi connectivity index (χ3v) is 7.48. The van der Waals surface area contributed by atoms with Crippen molar-refractivity contribution in [1.82, 2.24) is 4.47 Å². The molecule has 0 radical (unpaired) electrons. The number of carbonyl (C=O) groups is 2. The highest BCUT2D eigenvalue weighted by atomic mass is 79.9. The topological polar surface area (TPSA) is 90.0 Å². The Hall–Kier alpha value is -2.39. The first-order valence-electron chi connectivity index (χ1n) is 10.1. The van der Waals surface area contributed by atoms with Gasteiger partial charge < -0.3 is 9.57 Å². The van der Waals surface area contributed by atoms with Crippen LogP contribution in [0.4, 0.5) is 4.79 Å². The third-order valence-electron chi connectivity index (χ3n) is 4.96. The van der Waals surface area contributed by atoms with Gasteiger partial charge in [-0.15, -0.1) is 0 Å². The molecule has 0 aromatic heterocycles. The Morgan fingerprint density at radius 2 is 1.75 bits per heavy atom. The van der Waals surface area contributed by atoms with Crippen LogP contribution in [0.25, 0.3) is 0 Å². The molecule has 0 unspecified atom stereocenters. The van der Waals surface area contributed by atoms with E-state index in [1.165, 1.54) is 30.4 Å². The molecular formula is C23H28BrNO6S. The van der Waals surface area contributed by atoms with Gasteiger partial charge in [-0.05, 0) is 71.7 Å². The number of nitrogens with zero attached hydrogens (tertiary/aromatic N) is 1. The Kier molecular flexibility index (Phi) is 8.12. The van der Waals surface area contributed by atoms with E-state index in [-0.39, 0.29) is 13.8 Å². The summed E-state index contributed by atoms with van der Waals surface area (Å²) in [6.07, 6.45) is 5.69. The molecule has 32 heavy (non-hydrogen) atoms. The Balaban J connectivity index is 2.55. The van der Waals surface area contributed by atoms with Gasteiger partial charge in [0.05, 0.1) is 5.41 Å². The fourth-order valence-corrected chi connectivity index (χ4v) is 5.57. The van der Waals surface area contributed by atoms with Crippen LogP contribution >= 0.6 is 15.9 Å². The molecule has 0 bridgehead atoms. The lowest BCUT2D eigenvalue weighted by atomic mass is 9.78. The fourth-order valence-electron chi connectivity index (χ4n) is 3.53. The van der Waals surface area contributed by atoms with Crippen LogP contribution in [-0.4, -0.2) is 30.5 Å². The summed E-state index contributed by atoms with van der Waals surface area (Å²) >= 11 is 3.18. The van der Waals surface area contributed by atoms with E-state index in [1.807, 2.05) is 0 Å². The highest BCUT2D eigenvalue weighted by Crippen LogP contribution is 2.46. The molecule has 9 heteroatoms. The number of allylic oxidation sites excluding steroid dienone is 3. The van der Waals surface area contributed by atoms with Crippen LogP contribution in [0.2, 0.25) is 0 Å². The van der Waals surface area contributed by atoms with E-state index in [0.29, 0.717) is 18.4 Å². The van der Waals surface area contributed by atoms with Crippen molar-refractivity contribution in [2.45, 2.75) is 57.0 Å². The zero-order valence-corrected chi connectivity index (χ0v) is 20.9. The Morgan fingerprint density at radius 3 is 2.25 bits per heavy atom. The summed E-state index contributed by atoms with van der Waals surface area (Å²) in [6, 6.07) is 5.91. The molecule has 1 amide bonds. The van der Waals surface area contributed by atoms with Crippen LogP contribution in [0.3, 0.4) is 0 Å². The zero-order chi connectivity index (χ0) is 24.2. The van der Waals surface area contributed by atoms with Crippen molar-refractivity contribution >= 4 is 38.0 Å². The number of hydroxylamine groups is 1. The first kappa shape index (κ1) is 25.9. The number of hydrogen-bond donors (Lipinski definition) is 0. The minimum Gasteiger partial charge on any atom is -0.441 e. The van der Waals surface area contributed by atoms with Crippen LogP contribution < -0.4 is 0 Å². The normalized spacial score (nSPS) is 16.2. The van der Waals surface area contributed by atoms with Crippen LogP contribution in [0.15, 0.2) is 70.6 Å².